The van der Waals surface area contributed by atoms with Gasteiger partial charge in [0, 0.05) is 38.0 Å². The summed E-state index contributed by atoms with van der Waals surface area (Å²) in [6, 6.07) is 15.4. The van der Waals surface area contributed by atoms with E-state index in [1.165, 1.54) is 19.1 Å². The van der Waals surface area contributed by atoms with Crippen LogP contribution in [0.15, 0.2) is 71.8 Å². The van der Waals surface area contributed by atoms with E-state index in [0.29, 0.717) is 5.56 Å². The highest BCUT2D eigenvalue weighted by Crippen LogP contribution is 2.65. The van der Waals surface area contributed by atoms with Crippen molar-refractivity contribution in [2.45, 2.75) is 116 Å². The van der Waals surface area contributed by atoms with Gasteiger partial charge in [-0.25, -0.2) is 9.59 Å². The zero-order valence-electron chi connectivity index (χ0n) is 33.4. The molecule has 6 rings (SSSR count). The summed E-state index contributed by atoms with van der Waals surface area (Å²) in [6.45, 7) is 11.6. The molecule has 57 heavy (non-hydrogen) atoms. The topological polar surface area (TPSA) is 204 Å². The normalized spacial score (nSPS) is 33.7. The van der Waals surface area contributed by atoms with E-state index in [4.69, 9.17) is 34.2 Å². The molecule has 1 heterocycles. The molecule has 1 saturated heterocycles. The summed E-state index contributed by atoms with van der Waals surface area (Å²) in [5.41, 5.74) is 0.550. The van der Waals surface area contributed by atoms with Crippen molar-refractivity contribution in [3.05, 3.63) is 82.9 Å². The molecule has 0 radical (unpaired) electrons. The molecule has 3 fully saturated rings. The molecular formula is C43H51NO13. The maximum atomic E-state index is 15.6. The fourth-order valence-corrected chi connectivity index (χ4v) is 9.82. The molecule has 0 aromatic heterocycles. The maximum Gasteiger partial charge on any atom is 0.350 e. The minimum absolute atomic E-state index is 0.131. The van der Waals surface area contributed by atoms with Crippen molar-refractivity contribution in [1.29, 1.82) is 0 Å². The summed E-state index contributed by atoms with van der Waals surface area (Å²) >= 11 is 0. The molecule has 4 aliphatic rings. The summed E-state index contributed by atoms with van der Waals surface area (Å²) < 4.78 is 36.2. The van der Waals surface area contributed by atoms with Crippen LogP contribution in [0.3, 0.4) is 0 Å². The Kier molecular flexibility index (Phi) is 11.1. The van der Waals surface area contributed by atoms with Crippen LogP contribution in [-0.2, 0) is 52.4 Å². The van der Waals surface area contributed by atoms with Crippen molar-refractivity contribution < 1.29 is 62.3 Å². The Bertz CT molecular complexity index is 1980. The number of Topliss-reactive ketones (excluding diaryl/α,β-unsaturated/α-hetero) is 1. The Labute approximate surface area is 331 Å². The average Bonchev–Trinajstić information content (AvgIpc) is 3.15. The molecular weight excluding hydrogens is 738 g/mol. The largest absolute Gasteiger partial charge is 0.455 e. The minimum atomic E-state index is -2.24. The second-order valence-electron chi connectivity index (χ2n) is 16.5. The molecule has 0 spiro atoms. The van der Waals surface area contributed by atoms with Gasteiger partial charge >= 0.3 is 29.8 Å². The van der Waals surface area contributed by atoms with Crippen LogP contribution in [0.5, 0.6) is 0 Å². The lowest BCUT2D eigenvalue weighted by Crippen LogP contribution is -2.80. The highest BCUT2D eigenvalue weighted by atomic mass is 16.6. The number of nitrogens with two attached hydrogens (primary N) is 1. The van der Waals surface area contributed by atoms with Gasteiger partial charge in [0.1, 0.15) is 23.9 Å². The molecule has 3 N–H and O–H groups in total. The SMILES string of the molecule is CC(=O)O[C@H]1C(=O)[C@@]2(C)[C@H]([C@H](OC(=O)c3ccccc3)[C@]3(O)C[C@H](OC(=O)[C@H](OC(C)=O)[C@@H](N)c4ccccc4)C(C)=C1C3(C)C)[C@]1(OC(C)=O)CO[C@@H]1C[C@@H]2C. The number of aliphatic hydroxyl groups is 1. The number of ketones is 1. The Morgan fingerprint density at radius 3 is 2.04 bits per heavy atom. The number of carbonyl (C=O) groups excluding carboxylic acids is 6. The van der Waals surface area contributed by atoms with Gasteiger partial charge in [0.25, 0.3) is 0 Å². The first-order chi connectivity index (χ1) is 26.7. The molecule has 14 heteroatoms. The quantitative estimate of drug-likeness (QED) is 0.209. The van der Waals surface area contributed by atoms with Crippen molar-refractivity contribution in [2.24, 2.45) is 28.4 Å². The molecule has 2 bridgehead atoms. The van der Waals surface area contributed by atoms with Crippen LogP contribution in [0.2, 0.25) is 0 Å². The Balaban J connectivity index is 1.59. The Morgan fingerprint density at radius 1 is 0.877 bits per heavy atom. The van der Waals surface area contributed by atoms with E-state index in [-0.39, 0.29) is 29.7 Å². The van der Waals surface area contributed by atoms with Gasteiger partial charge in [0.2, 0.25) is 6.10 Å². The summed E-state index contributed by atoms with van der Waals surface area (Å²) in [4.78, 5) is 82.3. The van der Waals surface area contributed by atoms with Gasteiger partial charge in [-0.3, -0.25) is 19.2 Å². The number of carbonyl (C=O) groups is 6. The van der Waals surface area contributed by atoms with E-state index >= 15 is 4.79 Å². The third-order valence-corrected chi connectivity index (χ3v) is 12.9. The van der Waals surface area contributed by atoms with E-state index in [1.54, 1.807) is 76.2 Å². The fraction of sp³-hybridized carbons (Fsp3) is 0.535. The molecule has 2 aromatic carbocycles. The first kappa shape index (κ1) is 41.7. The third kappa shape index (κ3) is 6.84. The number of hydrogen-bond donors (Lipinski definition) is 2. The Hall–Kier alpha value is -4.92. The summed E-state index contributed by atoms with van der Waals surface area (Å²) in [7, 11) is 0. The maximum absolute atomic E-state index is 15.6. The van der Waals surface area contributed by atoms with E-state index < -0.39 is 112 Å². The van der Waals surface area contributed by atoms with Crippen LogP contribution in [-0.4, -0.2) is 89.1 Å². The summed E-state index contributed by atoms with van der Waals surface area (Å²) in [5.74, 6) is -6.62. The molecule has 2 aromatic rings. The van der Waals surface area contributed by atoms with E-state index in [2.05, 4.69) is 0 Å². The van der Waals surface area contributed by atoms with E-state index in [0.717, 1.165) is 13.8 Å². The smallest absolute Gasteiger partial charge is 0.350 e. The second-order valence-corrected chi connectivity index (χ2v) is 16.5. The predicted octanol–water partition coefficient (Wildman–Crippen LogP) is 4.11. The van der Waals surface area contributed by atoms with Crippen LogP contribution in [0.1, 0.15) is 90.2 Å². The van der Waals surface area contributed by atoms with E-state index in [9.17, 15) is 29.1 Å². The zero-order chi connectivity index (χ0) is 41.8. The average molecular weight is 790 g/mol. The first-order valence-corrected chi connectivity index (χ1v) is 19.1. The van der Waals surface area contributed by atoms with Crippen LogP contribution < -0.4 is 5.73 Å². The highest BCUT2D eigenvalue weighted by Gasteiger charge is 2.77. The van der Waals surface area contributed by atoms with Crippen molar-refractivity contribution in [3.63, 3.8) is 0 Å². The number of esters is 5. The third-order valence-electron chi connectivity index (χ3n) is 12.9. The lowest BCUT2D eigenvalue weighted by Gasteiger charge is -2.68. The van der Waals surface area contributed by atoms with Gasteiger partial charge in [-0.05, 0) is 48.1 Å². The van der Waals surface area contributed by atoms with Gasteiger partial charge in [0.05, 0.1) is 24.1 Å². The van der Waals surface area contributed by atoms with Gasteiger partial charge in [-0.1, -0.05) is 76.2 Å². The van der Waals surface area contributed by atoms with Crippen LogP contribution >= 0.6 is 0 Å². The van der Waals surface area contributed by atoms with Gasteiger partial charge < -0.3 is 39.3 Å². The zero-order valence-corrected chi connectivity index (χ0v) is 33.4. The highest BCUT2D eigenvalue weighted by molar-refractivity contribution is 5.95. The molecule has 3 aliphatic carbocycles. The van der Waals surface area contributed by atoms with Gasteiger partial charge in [0.15, 0.2) is 17.5 Å². The first-order valence-electron chi connectivity index (χ1n) is 19.1. The van der Waals surface area contributed by atoms with Gasteiger partial charge in [-0.15, -0.1) is 0 Å². The molecule has 0 amide bonds. The van der Waals surface area contributed by atoms with Crippen molar-refractivity contribution in [3.8, 4) is 0 Å². The van der Waals surface area contributed by atoms with Crippen LogP contribution in [0.25, 0.3) is 0 Å². The molecule has 1 aliphatic heterocycles. The number of rotatable bonds is 9. The molecule has 14 nitrogen and oxygen atoms in total. The fourth-order valence-electron chi connectivity index (χ4n) is 9.82. The minimum Gasteiger partial charge on any atom is -0.455 e. The van der Waals surface area contributed by atoms with Crippen molar-refractivity contribution in [2.75, 3.05) is 6.61 Å². The summed E-state index contributed by atoms with van der Waals surface area (Å²) in [5, 5.41) is 13.7. The van der Waals surface area contributed by atoms with E-state index in [1.807, 2.05) is 6.92 Å². The second kappa shape index (κ2) is 15.1. The standard InChI is InChI=1S/C43H51NO13/c1-22-19-30-42(21-52-30,57-26(5)47)35-37(56-38(49)28-17-13-10-14-18-28)43(51)20-29(55-39(50)34(54-25(4)46)32(44)27-15-11-9-12-16-27)23(2)31(40(43,6)7)33(53-24(3)45)36(48)41(22,35)8/h9-18,22,29-30,32-35,37,51H,19-21,44H2,1-8H3/t22-,29-,30+,32-,33+,34+,35-,37-,41+,42-,43+/m0/s1. The Morgan fingerprint density at radius 2 is 1.49 bits per heavy atom. The molecule has 0 unspecified atom stereocenters. The van der Waals surface area contributed by atoms with Crippen LogP contribution in [0, 0.1) is 22.7 Å². The molecule has 11 atom stereocenters. The number of hydrogen-bond acceptors (Lipinski definition) is 14. The van der Waals surface area contributed by atoms with Crippen molar-refractivity contribution >= 4 is 35.6 Å². The van der Waals surface area contributed by atoms with Gasteiger partial charge in [-0.2, -0.15) is 0 Å². The van der Waals surface area contributed by atoms with Crippen molar-refractivity contribution in [1.82, 2.24) is 0 Å². The summed E-state index contributed by atoms with van der Waals surface area (Å²) in [6.07, 6.45) is -7.22. The number of benzene rings is 2. The molecule has 306 valence electrons. The number of ether oxygens (including phenoxy) is 6. The predicted molar refractivity (Wildman–Crippen MR) is 201 cm³/mol. The molecule has 2 saturated carbocycles. The monoisotopic (exact) mass is 789 g/mol. The lowest BCUT2D eigenvalue weighted by atomic mass is 9.43. The number of fused-ring (bicyclic) bond motifs is 5. The lowest BCUT2D eigenvalue weighted by molar-refractivity contribution is -0.340. The van der Waals surface area contributed by atoms with Crippen LogP contribution in [0.4, 0.5) is 0 Å².